The summed E-state index contributed by atoms with van der Waals surface area (Å²) in [7, 11) is -3.25. The molecule has 0 N–H and O–H groups in total. The number of hydrogen-bond acceptors (Lipinski definition) is 8. The Morgan fingerprint density at radius 3 is 2.39 bits per heavy atom. The third-order valence-electron chi connectivity index (χ3n) is 6.82. The number of carbonyl (C=O) groups is 1. The number of ketones is 1. The van der Waals surface area contributed by atoms with Crippen molar-refractivity contribution in [2.75, 3.05) is 6.61 Å². The molecule has 0 atom stereocenters. The number of carbonyl (C=O) groups excluding carboxylic acids is 1. The molecule has 3 aromatic rings. The Morgan fingerprint density at radius 2 is 1.75 bits per heavy atom. The number of ether oxygens (including phenoxy) is 1. The molecule has 1 aliphatic carbocycles. The predicted octanol–water partition coefficient (Wildman–Crippen LogP) is 4.28. The van der Waals surface area contributed by atoms with Crippen molar-refractivity contribution < 1.29 is 17.9 Å². The SMILES string of the molecule is CCOc1cncc(-c2ccc(CC(=O)C(CC)(CC)c3ccnc(CS(=O)(=O)C4CC4)n3)cc2)n1. The van der Waals surface area contributed by atoms with Crippen molar-refractivity contribution >= 4 is 15.6 Å². The van der Waals surface area contributed by atoms with Gasteiger partial charge in [-0.05, 0) is 44.2 Å². The summed E-state index contributed by atoms with van der Waals surface area (Å²) in [5.74, 6) is 0.600. The van der Waals surface area contributed by atoms with Crippen LogP contribution < -0.4 is 4.74 Å². The van der Waals surface area contributed by atoms with Gasteiger partial charge in [0.05, 0.1) is 41.1 Å². The average Bonchev–Trinajstić information content (AvgIpc) is 3.73. The van der Waals surface area contributed by atoms with Crippen LogP contribution in [-0.4, -0.2) is 46.0 Å². The first-order valence-electron chi connectivity index (χ1n) is 12.4. The molecule has 0 spiro atoms. The van der Waals surface area contributed by atoms with E-state index in [2.05, 4.69) is 19.9 Å². The third kappa shape index (κ3) is 5.61. The van der Waals surface area contributed by atoms with Gasteiger partial charge in [0.1, 0.15) is 17.4 Å². The summed E-state index contributed by atoms with van der Waals surface area (Å²) >= 11 is 0. The summed E-state index contributed by atoms with van der Waals surface area (Å²) in [6.07, 6.45) is 7.60. The van der Waals surface area contributed by atoms with Gasteiger partial charge < -0.3 is 4.74 Å². The zero-order valence-corrected chi connectivity index (χ0v) is 21.8. The summed E-state index contributed by atoms with van der Waals surface area (Å²) in [6, 6.07) is 9.43. The monoisotopic (exact) mass is 508 g/mol. The maximum atomic E-state index is 13.7. The topological polar surface area (TPSA) is 112 Å². The van der Waals surface area contributed by atoms with E-state index in [1.54, 1.807) is 24.7 Å². The van der Waals surface area contributed by atoms with E-state index < -0.39 is 15.3 Å². The van der Waals surface area contributed by atoms with Crippen LogP contribution in [-0.2, 0) is 32.2 Å². The maximum absolute atomic E-state index is 13.7. The zero-order chi connectivity index (χ0) is 25.8. The van der Waals surface area contributed by atoms with Crippen LogP contribution in [0.1, 0.15) is 63.5 Å². The zero-order valence-electron chi connectivity index (χ0n) is 21.0. The van der Waals surface area contributed by atoms with Gasteiger partial charge in [0, 0.05) is 18.2 Å². The fourth-order valence-electron chi connectivity index (χ4n) is 4.46. The predicted molar refractivity (Wildman–Crippen MR) is 137 cm³/mol. The lowest BCUT2D eigenvalue weighted by Gasteiger charge is -2.30. The Bertz CT molecular complexity index is 1320. The fraction of sp³-hybridized carbons (Fsp3) is 0.444. The molecule has 0 bridgehead atoms. The second kappa shape index (κ2) is 10.8. The molecule has 1 aromatic carbocycles. The van der Waals surface area contributed by atoms with Gasteiger partial charge in [0.2, 0.25) is 5.88 Å². The van der Waals surface area contributed by atoms with Crippen LogP contribution in [0.4, 0.5) is 0 Å². The summed E-state index contributed by atoms with van der Waals surface area (Å²) in [5.41, 5.74) is 2.25. The molecule has 1 fully saturated rings. The number of benzene rings is 1. The molecule has 190 valence electrons. The molecule has 2 aromatic heterocycles. The number of nitrogens with zero attached hydrogens (tertiary/aromatic N) is 4. The second-order valence-corrected chi connectivity index (χ2v) is 11.4. The van der Waals surface area contributed by atoms with E-state index in [-0.39, 0.29) is 29.0 Å². The van der Waals surface area contributed by atoms with E-state index in [1.165, 1.54) is 0 Å². The van der Waals surface area contributed by atoms with E-state index in [0.29, 0.717) is 49.6 Å². The quantitative estimate of drug-likeness (QED) is 0.356. The average molecular weight is 509 g/mol. The summed E-state index contributed by atoms with van der Waals surface area (Å²) < 4.78 is 30.3. The minimum absolute atomic E-state index is 0.0492. The van der Waals surface area contributed by atoms with Crippen molar-refractivity contribution in [1.29, 1.82) is 0 Å². The highest BCUT2D eigenvalue weighted by Crippen LogP contribution is 2.34. The molecule has 2 heterocycles. The number of Topliss-reactive ketones (excluding diaryl/α,β-unsaturated/α-hetero) is 1. The van der Waals surface area contributed by atoms with Crippen LogP contribution in [0.15, 0.2) is 48.9 Å². The molecule has 0 amide bonds. The van der Waals surface area contributed by atoms with E-state index in [9.17, 15) is 13.2 Å². The van der Waals surface area contributed by atoms with E-state index in [0.717, 1.165) is 11.1 Å². The van der Waals surface area contributed by atoms with Gasteiger partial charge in [-0.3, -0.25) is 9.78 Å². The normalized spacial score (nSPS) is 14.0. The molecule has 36 heavy (non-hydrogen) atoms. The minimum atomic E-state index is -3.25. The Labute approximate surface area is 212 Å². The van der Waals surface area contributed by atoms with Gasteiger partial charge in [0.25, 0.3) is 0 Å². The molecular weight excluding hydrogens is 476 g/mol. The van der Waals surface area contributed by atoms with Crippen LogP contribution >= 0.6 is 0 Å². The Balaban J connectivity index is 1.53. The molecule has 1 aliphatic rings. The van der Waals surface area contributed by atoms with Gasteiger partial charge in [-0.25, -0.2) is 23.4 Å². The molecule has 9 heteroatoms. The van der Waals surface area contributed by atoms with Crippen molar-refractivity contribution in [2.24, 2.45) is 0 Å². The van der Waals surface area contributed by atoms with Crippen LogP contribution in [0, 0.1) is 0 Å². The van der Waals surface area contributed by atoms with Crippen LogP contribution in [0.5, 0.6) is 5.88 Å². The molecule has 0 unspecified atom stereocenters. The second-order valence-electron chi connectivity index (χ2n) is 9.13. The summed E-state index contributed by atoms with van der Waals surface area (Å²) in [4.78, 5) is 31.1. The minimum Gasteiger partial charge on any atom is -0.477 e. The van der Waals surface area contributed by atoms with Crippen molar-refractivity contribution in [3.63, 3.8) is 0 Å². The molecule has 0 saturated heterocycles. The molecule has 0 radical (unpaired) electrons. The maximum Gasteiger partial charge on any atom is 0.232 e. The number of sulfone groups is 1. The third-order valence-corrected chi connectivity index (χ3v) is 8.97. The molecule has 0 aliphatic heterocycles. The Hall–Kier alpha value is -3.20. The number of hydrogen-bond donors (Lipinski definition) is 0. The van der Waals surface area contributed by atoms with Gasteiger partial charge in [-0.1, -0.05) is 38.1 Å². The first-order valence-corrected chi connectivity index (χ1v) is 14.1. The van der Waals surface area contributed by atoms with Crippen molar-refractivity contribution in [3.8, 4) is 17.1 Å². The van der Waals surface area contributed by atoms with Gasteiger partial charge in [-0.15, -0.1) is 0 Å². The van der Waals surface area contributed by atoms with E-state index in [1.807, 2.05) is 45.0 Å². The van der Waals surface area contributed by atoms with Gasteiger partial charge >= 0.3 is 0 Å². The van der Waals surface area contributed by atoms with Gasteiger partial charge in [0.15, 0.2) is 9.84 Å². The van der Waals surface area contributed by atoms with E-state index in [4.69, 9.17) is 4.74 Å². The first-order chi connectivity index (χ1) is 17.3. The molecule has 4 rings (SSSR count). The fourth-order valence-corrected chi connectivity index (χ4v) is 6.05. The lowest BCUT2D eigenvalue weighted by atomic mass is 9.73. The standard InChI is InChI=1S/C27H32N4O4S/c1-4-27(5-2,23-13-14-29-25(31-23)18-36(33,34)21-11-12-21)24(32)15-19-7-9-20(10-8-19)22-16-28-17-26(30-22)35-6-3/h7-10,13-14,16-17,21H,4-6,11-12,15,18H2,1-3H3. The molecule has 1 saturated carbocycles. The molecular formula is C27H32N4O4S. The Morgan fingerprint density at radius 1 is 1.03 bits per heavy atom. The van der Waals surface area contributed by atoms with Crippen molar-refractivity contribution in [1.82, 2.24) is 19.9 Å². The first kappa shape index (κ1) is 25.9. The lowest BCUT2D eigenvalue weighted by molar-refractivity contribution is -0.124. The van der Waals surface area contributed by atoms with E-state index >= 15 is 0 Å². The Kier molecular flexibility index (Phi) is 7.78. The van der Waals surface area contributed by atoms with Crippen LogP contribution in [0.2, 0.25) is 0 Å². The highest BCUT2D eigenvalue weighted by atomic mass is 32.2. The summed E-state index contributed by atoms with van der Waals surface area (Å²) in [6.45, 7) is 6.35. The number of aromatic nitrogens is 4. The van der Waals surface area contributed by atoms with Gasteiger partial charge in [-0.2, -0.15) is 0 Å². The van der Waals surface area contributed by atoms with Crippen molar-refractivity contribution in [2.45, 2.75) is 69.3 Å². The van der Waals surface area contributed by atoms with Crippen LogP contribution in [0.3, 0.4) is 0 Å². The summed E-state index contributed by atoms with van der Waals surface area (Å²) in [5, 5.41) is -0.274. The lowest BCUT2D eigenvalue weighted by Crippen LogP contribution is -2.37. The highest BCUT2D eigenvalue weighted by Gasteiger charge is 2.39. The smallest absolute Gasteiger partial charge is 0.232 e. The van der Waals surface area contributed by atoms with Crippen LogP contribution in [0.25, 0.3) is 11.3 Å². The van der Waals surface area contributed by atoms with Crippen molar-refractivity contribution in [3.05, 3.63) is 66.0 Å². The highest BCUT2D eigenvalue weighted by molar-refractivity contribution is 7.91. The largest absolute Gasteiger partial charge is 0.477 e. The molecule has 8 nitrogen and oxygen atoms in total. The number of rotatable bonds is 12.